The van der Waals surface area contributed by atoms with Gasteiger partial charge in [0.25, 0.3) is 0 Å². The summed E-state index contributed by atoms with van der Waals surface area (Å²) >= 11 is 23.8. The van der Waals surface area contributed by atoms with Gasteiger partial charge in [0, 0.05) is 32.9 Å². The van der Waals surface area contributed by atoms with Crippen LogP contribution in [-0.2, 0) is 40.2 Å². The van der Waals surface area contributed by atoms with Gasteiger partial charge in [0.2, 0.25) is 6.41 Å². The summed E-state index contributed by atoms with van der Waals surface area (Å²) in [6, 6.07) is 36.9. The van der Waals surface area contributed by atoms with Gasteiger partial charge in [-0.05, 0) is 132 Å². The predicted molar refractivity (Wildman–Crippen MR) is 266 cm³/mol. The van der Waals surface area contributed by atoms with Crippen LogP contribution in [0.25, 0.3) is 0 Å². The molecule has 0 saturated heterocycles. The number of anilines is 1. The van der Waals surface area contributed by atoms with Gasteiger partial charge in [-0.25, -0.2) is 14.6 Å². The lowest BCUT2D eigenvalue weighted by atomic mass is 10.1. The number of fused-ring (bicyclic) bond motifs is 2. The number of methoxy groups -OCH3 is 2. The molecule has 0 heterocycles. The molecule has 67 heavy (non-hydrogen) atoms. The molecule has 2 aliphatic carbocycles. The number of esters is 2. The van der Waals surface area contributed by atoms with E-state index in [2.05, 4.69) is 4.99 Å². The highest BCUT2D eigenvalue weighted by Gasteiger charge is 2.28. The molecule has 11 nitrogen and oxygen atoms in total. The Morgan fingerprint density at radius 2 is 1.18 bits per heavy atom. The maximum Gasteiger partial charge on any atom is 0.338 e. The van der Waals surface area contributed by atoms with Gasteiger partial charge in [-0.2, -0.15) is 0 Å². The highest BCUT2D eigenvalue weighted by molar-refractivity contribution is 6.42. The smallest absolute Gasteiger partial charge is 0.338 e. The quantitative estimate of drug-likeness (QED) is 0.0395. The van der Waals surface area contributed by atoms with Gasteiger partial charge in [0.15, 0.2) is 11.5 Å². The number of carbonyl (C=O) groups is 3. The lowest BCUT2D eigenvalue weighted by Gasteiger charge is -2.16. The van der Waals surface area contributed by atoms with Crippen LogP contribution in [0.1, 0.15) is 79.1 Å². The summed E-state index contributed by atoms with van der Waals surface area (Å²) in [6.07, 6.45) is 5.25. The van der Waals surface area contributed by atoms with Crippen LogP contribution in [-0.4, -0.2) is 62.8 Å². The fourth-order valence-electron chi connectivity index (χ4n) is 7.48. The van der Waals surface area contributed by atoms with E-state index in [1.807, 2.05) is 96.9 Å². The molecule has 2 unspecified atom stereocenters. The molecule has 0 aromatic heterocycles. The van der Waals surface area contributed by atoms with Crippen LogP contribution in [0.3, 0.4) is 0 Å². The molecule has 348 valence electrons. The van der Waals surface area contributed by atoms with Gasteiger partial charge in [0.1, 0.15) is 12.2 Å². The third-order valence-corrected chi connectivity index (χ3v) is 12.4. The Morgan fingerprint density at radius 1 is 0.627 bits per heavy atom. The van der Waals surface area contributed by atoms with Crippen molar-refractivity contribution in [1.82, 2.24) is 9.80 Å². The molecule has 0 spiro atoms. The van der Waals surface area contributed by atoms with E-state index in [0.717, 1.165) is 65.6 Å². The van der Waals surface area contributed by atoms with E-state index in [0.29, 0.717) is 61.5 Å². The van der Waals surface area contributed by atoms with Gasteiger partial charge >= 0.3 is 11.9 Å². The van der Waals surface area contributed by atoms with Gasteiger partial charge < -0.3 is 34.5 Å². The number of nitrogens with two attached hydrogens (primary N) is 1. The minimum Gasteiger partial charge on any atom is -0.493 e. The van der Waals surface area contributed by atoms with Crippen molar-refractivity contribution >= 4 is 82.5 Å². The highest BCUT2D eigenvalue weighted by atomic mass is 35.5. The Bertz CT molecular complexity index is 2720. The van der Waals surface area contributed by atoms with E-state index in [4.69, 9.17) is 71.1 Å². The van der Waals surface area contributed by atoms with Crippen molar-refractivity contribution in [3.63, 3.8) is 0 Å². The van der Waals surface area contributed by atoms with Crippen molar-refractivity contribution in [2.75, 3.05) is 34.0 Å². The number of halogens is 4. The standard InChI is InChI=1S/C27H26Cl2N2O4.C16H13Cl2NO2.C9H11NO/c1-31(15-17-4-10-25(33-2)26(12-17)34-3)16-30-20-8-5-18-7-11-24(21(18)14-20)35-27(32)19-6-9-22(28)23(29)13-19;17-13-5-2-10(7-14(13)18)16(20)21-15-6-3-9-1-4-11(19)8-12(9)15;1-10(8-11)7-9-5-3-2-4-6-9/h4-6,8-10,12-14,16,24H,7,11,15H2,1-3H3;1-2,4-5,7-8,15H,3,6,19H2;2-6,8H,7H2,1H3. The predicted octanol–water partition coefficient (Wildman–Crippen LogP) is 12.3. The number of aliphatic imine (C=N–C) groups is 1. The molecule has 2 atom stereocenters. The van der Waals surface area contributed by atoms with Crippen LogP contribution in [0.15, 0.2) is 126 Å². The molecule has 0 fully saturated rings. The van der Waals surface area contributed by atoms with Crippen LogP contribution in [0.5, 0.6) is 11.5 Å². The second-order valence-corrected chi connectivity index (χ2v) is 17.4. The van der Waals surface area contributed by atoms with Gasteiger partial charge in [-0.15, -0.1) is 0 Å². The summed E-state index contributed by atoms with van der Waals surface area (Å²) in [6.45, 7) is 1.34. The molecule has 8 rings (SSSR count). The maximum atomic E-state index is 12.7. The van der Waals surface area contributed by atoms with Crippen molar-refractivity contribution in [2.24, 2.45) is 4.99 Å². The summed E-state index contributed by atoms with van der Waals surface area (Å²) in [4.78, 5) is 43.3. The molecule has 2 aliphatic rings. The lowest BCUT2D eigenvalue weighted by molar-refractivity contribution is -0.117. The number of carbonyl (C=O) groups excluding carboxylic acids is 3. The van der Waals surface area contributed by atoms with Crippen LogP contribution in [0.2, 0.25) is 20.1 Å². The molecule has 6 aromatic rings. The summed E-state index contributed by atoms with van der Waals surface area (Å²) in [5.41, 5.74) is 14.6. The first kappa shape index (κ1) is 50.2. The van der Waals surface area contributed by atoms with E-state index in [-0.39, 0.29) is 12.2 Å². The van der Waals surface area contributed by atoms with E-state index in [1.165, 1.54) is 17.7 Å². The monoisotopic (exact) mass is 982 g/mol. The zero-order chi connectivity index (χ0) is 48.0. The highest BCUT2D eigenvalue weighted by Crippen LogP contribution is 2.38. The Hall–Kier alpha value is -6.24. The van der Waals surface area contributed by atoms with Crippen molar-refractivity contribution in [3.8, 4) is 11.5 Å². The van der Waals surface area contributed by atoms with Gasteiger partial charge in [-0.3, -0.25) is 4.79 Å². The molecular formula is C52H50Cl4N4O7. The molecule has 6 aromatic carbocycles. The number of aryl methyl sites for hydroxylation is 2. The summed E-state index contributed by atoms with van der Waals surface area (Å²) in [5, 5.41) is 1.46. The maximum absolute atomic E-state index is 12.7. The molecule has 0 bridgehead atoms. The van der Waals surface area contributed by atoms with Gasteiger partial charge in [0.05, 0.1) is 57.5 Å². The summed E-state index contributed by atoms with van der Waals surface area (Å²) < 4.78 is 22.1. The minimum absolute atomic E-state index is 0.259. The topological polar surface area (TPSA) is 133 Å². The molecule has 0 saturated carbocycles. The van der Waals surface area contributed by atoms with Crippen molar-refractivity contribution in [1.29, 1.82) is 0 Å². The largest absolute Gasteiger partial charge is 0.493 e. The first-order valence-electron chi connectivity index (χ1n) is 21.2. The van der Waals surface area contributed by atoms with E-state index in [1.54, 1.807) is 56.8 Å². The van der Waals surface area contributed by atoms with E-state index in [9.17, 15) is 14.4 Å². The Labute approximate surface area is 410 Å². The zero-order valence-corrected chi connectivity index (χ0v) is 40.4. The summed E-state index contributed by atoms with van der Waals surface area (Å²) in [7, 11) is 6.96. The number of hydrogen-bond donors (Lipinski definition) is 1. The Morgan fingerprint density at radius 3 is 1.73 bits per heavy atom. The summed E-state index contributed by atoms with van der Waals surface area (Å²) in [5.74, 6) is 0.550. The van der Waals surface area contributed by atoms with Crippen LogP contribution in [0, 0.1) is 0 Å². The average molecular weight is 985 g/mol. The molecule has 0 radical (unpaired) electrons. The molecule has 15 heteroatoms. The van der Waals surface area contributed by atoms with Crippen molar-refractivity contribution in [3.05, 3.63) is 186 Å². The van der Waals surface area contributed by atoms with Crippen LogP contribution in [0.4, 0.5) is 11.4 Å². The molecular weight excluding hydrogens is 934 g/mol. The third kappa shape index (κ3) is 13.9. The lowest BCUT2D eigenvalue weighted by Crippen LogP contribution is -2.15. The molecule has 2 N–H and O–H groups in total. The normalized spacial score (nSPS) is 14.3. The number of hydrogen-bond acceptors (Lipinski definition) is 9. The Kier molecular flexibility index (Phi) is 18.0. The van der Waals surface area contributed by atoms with Crippen molar-refractivity contribution in [2.45, 2.75) is 51.0 Å². The Balaban J connectivity index is 0.000000194. The number of nitrogen functional groups attached to an aromatic ring is 1. The average Bonchev–Trinajstić information content (AvgIpc) is 3.92. The fraction of sp³-hybridized carbons (Fsp3) is 0.231. The zero-order valence-electron chi connectivity index (χ0n) is 37.4. The first-order chi connectivity index (χ1) is 32.2. The van der Waals surface area contributed by atoms with E-state index < -0.39 is 11.9 Å². The molecule has 1 amide bonds. The van der Waals surface area contributed by atoms with Gasteiger partial charge in [-0.1, -0.05) is 94.9 Å². The number of benzene rings is 6. The minimum atomic E-state index is -0.426. The third-order valence-electron chi connectivity index (χ3n) is 10.9. The molecule has 0 aliphatic heterocycles. The van der Waals surface area contributed by atoms with E-state index >= 15 is 0 Å². The fourth-order valence-corrected chi connectivity index (χ4v) is 8.08. The number of amides is 1. The first-order valence-corrected chi connectivity index (χ1v) is 22.7. The second-order valence-electron chi connectivity index (χ2n) is 15.8. The van der Waals surface area contributed by atoms with Crippen molar-refractivity contribution < 1.29 is 33.3 Å². The van der Waals surface area contributed by atoms with Crippen LogP contribution < -0.4 is 15.2 Å². The number of rotatable bonds is 13. The second kappa shape index (κ2) is 24.0. The van der Waals surface area contributed by atoms with Crippen LogP contribution >= 0.6 is 46.4 Å². The number of nitrogens with zero attached hydrogens (tertiary/aromatic N) is 3. The number of ether oxygens (including phenoxy) is 4. The SMILES string of the molecule is CN(C=O)Cc1ccccc1.COc1ccc(CN(C)C=Nc2ccc3c(c2)C(OC(=O)c2ccc(Cl)c(Cl)c2)CC3)cc1OC.Nc1ccc2c(c1)C(OC(=O)c1ccc(Cl)c(Cl)c1)CC2.